The van der Waals surface area contributed by atoms with Gasteiger partial charge in [0.05, 0.1) is 12.0 Å². The van der Waals surface area contributed by atoms with Crippen LogP contribution in [-0.4, -0.2) is 52.0 Å². The third kappa shape index (κ3) is 5.25. The van der Waals surface area contributed by atoms with Gasteiger partial charge in [-0.15, -0.1) is 0 Å². The molecule has 0 spiro atoms. The molecule has 1 atom stereocenters. The maximum Gasteiger partial charge on any atom is 0.312 e. The monoisotopic (exact) mass is 248 g/mol. The van der Waals surface area contributed by atoms with Crippen LogP contribution in [-0.2, 0) is 9.59 Å². The Morgan fingerprint density at radius 3 is 2.06 bits per heavy atom. The lowest BCUT2D eigenvalue weighted by Crippen LogP contribution is -2.38. The Kier molecular flexibility index (Phi) is 7.69. The van der Waals surface area contributed by atoms with Crippen molar-refractivity contribution in [2.24, 2.45) is 5.41 Å². The van der Waals surface area contributed by atoms with Crippen LogP contribution in [0.2, 0.25) is 0 Å². The smallest absolute Gasteiger partial charge is 0.312 e. The normalized spacial score (nSPS) is 14.3. The minimum Gasteiger partial charge on any atom is -0.481 e. The first-order valence-corrected chi connectivity index (χ1v) is 5.60. The van der Waals surface area contributed by atoms with E-state index in [-0.39, 0.29) is 31.7 Å². The number of hydrogen-bond acceptors (Lipinski definition) is 5. The number of ketones is 1. The van der Waals surface area contributed by atoms with Crippen molar-refractivity contribution in [1.82, 2.24) is 0 Å². The van der Waals surface area contributed by atoms with Gasteiger partial charge in [-0.3, -0.25) is 9.59 Å². The van der Waals surface area contributed by atoms with Crippen LogP contribution in [0.1, 0.15) is 32.1 Å². The zero-order valence-corrected chi connectivity index (χ0v) is 9.76. The molecule has 0 fully saturated rings. The molecule has 0 saturated heterocycles. The van der Waals surface area contributed by atoms with Crippen LogP contribution in [0.15, 0.2) is 0 Å². The standard InChI is InChI=1S/C11H20O6/c12-5-2-1-3-9(15)7-11(8-14,4-6-13)10(16)17/h12-14H,1-8H2,(H,16,17). The summed E-state index contributed by atoms with van der Waals surface area (Å²) < 4.78 is 0. The fraction of sp³-hybridized carbons (Fsp3) is 0.818. The number of aliphatic hydroxyl groups excluding tert-OH is 3. The molecule has 17 heavy (non-hydrogen) atoms. The molecule has 0 amide bonds. The Hall–Kier alpha value is -0.980. The zero-order valence-electron chi connectivity index (χ0n) is 9.76. The Morgan fingerprint density at radius 1 is 1.00 bits per heavy atom. The zero-order chi connectivity index (χ0) is 13.3. The number of unbranched alkanes of at least 4 members (excludes halogenated alkanes) is 1. The molecule has 6 heteroatoms. The SMILES string of the molecule is O=C(CCCCO)CC(CO)(CCO)C(=O)O. The topological polar surface area (TPSA) is 115 Å². The van der Waals surface area contributed by atoms with E-state index in [0.717, 1.165) is 0 Å². The number of rotatable bonds is 10. The van der Waals surface area contributed by atoms with Gasteiger partial charge >= 0.3 is 5.97 Å². The van der Waals surface area contributed by atoms with Gasteiger partial charge < -0.3 is 20.4 Å². The minimum atomic E-state index is -1.58. The Bertz CT molecular complexity index is 252. The maximum atomic E-state index is 11.5. The summed E-state index contributed by atoms with van der Waals surface area (Å²) in [6, 6.07) is 0. The van der Waals surface area contributed by atoms with Crippen LogP contribution in [0.5, 0.6) is 0 Å². The van der Waals surface area contributed by atoms with Gasteiger partial charge in [0.25, 0.3) is 0 Å². The van der Waals surface area contributed by atoms with Crippen molar-refractivity contribution < 1.29 is 30.0 Å². The molecule has 4 N–H and O–H groups in total. The van der Waals surface area contributed by atoms with Crippen molar-refractivity contribution in [2.75, 3.05) is 19.8 Å². The van der Waals surface area contributed by atoms with Crippen LogP contribution < -0.4 is 0 Å². The number of aliphatic hydroxyl groups is 3. The summed E-state index contributed by atoms with van der Waals surface area (Å²) >= 11 is 0. The summed E-state index contributed by atoms with van der Waals surface area (Å²) in [5.41, 5.74) is -1.58. The molecule has 0 aromatic carbocycles. The molecule has 0 aromatic rings. The van der Waals surface area contributed by atoms with Gasteiger partial charge in [0.15, 0.2) is 0 Å². The molecule has 0 aromatic heterocycles. The average Bonchev–Trinajstić information content (AvgIpc) is 2.28. The molecule has 0 heterocycles. The Labute approximate surface area is 99.9 Å². The third-order valence-corrected chi connectivity index (χ3v) is 2.75. The van der Waals surface area contributed by atoms with Gasteiger partial charge in [-0.25, -0.2) is 0 Å². The van der Waals surface area contributed by atoms with Crippen molar-refractivity contribution in [3.8, 4) is 0 Å². The number of hydrogen-bond donors (Lipinski definition) is 4. The Balaban J connectivity index is 4.42. The second-order valence-electron chi connectivity index (χ2n) is 4.11. The number of Topliss-reactive ketones (excluding diaryl/α,β-unsaturated/α-hetero) is 1. The Morgan fingerprint density at radius 2 is 1.65 bits per heavy atom. The van der Waals surface area contributed by atoms with Gasteiger partial charge in [-0.1, -0.05) is 0 Å². The second kappa shape index (κ2) is 8.16. The first kappa shape index (κ1) is 16.0. The summed E-state index contributed by atoms with van der Waals surface area (Å²) in [4.78, 5) is 22.6. The molecule has 0 bridgehead atoms. The highest BCUT2D eigenvalue weighted by molar-refractivity contribution is 5.86. The van der Waals surface area contributed by atoms with Crippen LogP contribution in [0.3, 0.4) is 0 Å². The number of carboxylic acids is 1. The molecule has 100 valence electrons. The number of carboxylic acid groups (broad SMARTS) is 1. The fourth-order valence-corrected chi connectivity index (χ4v) is 1.59. The molecule has 1 unspecified atom stereocenters. The average molecular weight is 248 g/mol. The van der Waals surface area contributed by atoms with Gasteiger partial charge in [0.1, 0.15) is 5.78 Å². The van der Waals surface area contributed by atoms with Gasteiger partial charge in [0, 0.05) is 26.1 Å². The number of carbonyl (C=O) groups excluding carboxylic acids is 1. The second-order valence-corrected chi connectivity index (χ2v) is 4.11. The first-order chi connectivity index (χ1) is 8.02. The molecule has 0 aliphatic heterocycles. The highest BCUT2D eigenvalue weighted by atomic mass is 16.4. The van der Waals surface area contributed by atoms with E-state index < -0.39 is 24.6 Å². The van der Waals surface area contributed by atoms with Crippen LogP contribution in [0.4, 0.5) is 0 Å². The highest BCUT2D eigenvalue weighted by Crippen LogP contribution is 2.27. The quantitative estimate of drug-likeness (QED) is 0.389. The van der Waals surface area contributed by atoms with Gasteiger partial charge in [-0.05, 0) is 19.3 Å². The van der Waals surface area contributed by atoms with E-state index in [0.29, 0.717) is 12.8 Å². The van der Waals surface area contributed by atoms with E-state index in [9.17, 15) is 9.59 Å². The molecule has 0 aliphatic carbocycles. The van der Waals surface area contributed by atoms with E-state index in [4.69, 9.17) is 20.4 Å². The lowest BCUT2D eigenvalue weighted by atomic mass is 9.80. The molecular weight excluding hydrogens is 228 g/mol. The van der Waals surface area contributed by atoms with Crippen LogP contribution in [0, 0.1) is 5.41 Å². The van der Waals surface area contributed by atoms with Gasteiger partial charge in [0.2, 0.25) is 0 Å². The molecule has 0 aliphatic rings. The first-order valence-electron chi connectivity index (χ1n) is 5.60. The van der Waals surface area contributed by atoms with Crippen LogP contribution >= 0.6 is 0 Å². The summed E-state index contributed by atoms with van der Waals surface area (Å²) in [5, 5.41) is 35.5. The lowest BCUT2D eigenvalue weighted by molar-refractivity contribution is -0.155. The molecule has 0 saturated carbocycles. The molecule has 0 rings (SSSR count). The summed E-state index contributed by atoms with van der Waals surface area (Å²) in [7, 11) is 0. The lowest BCUT2D eigenvalue weighted by Gasteiger charge is -2.25. The number of aliphatic carboxylic acids is 1. The fourth-order valence-electron chi connectivity index (χ4n) is 1.59. The summed E-state index contributed by atoms with van der Waals surface area (Å²) in [6.45, 7) is -1.07. The summed E-state index contributed by atoms with van der Waals surface area (Å²) in [6.07, 6.45) is 0.733. The van der Waals surface area contributed by atoms with Crippen molar-refractivity contribution in [1.29, 1.82) is 0 Å². The molecule has 6 nitrogen and oxygen atoms in total. The molecular formula is C11H20O6. The van der Waals surface area contributed by atoms with Crippen molar-refractivity contribution in [2.45, 2.75) is 32.1 Å². The highest BCUT2D eigenvalue weighted by Gasteiger charge is 2.39. The van der Waals surface area contributed by atoms with Gasteiger partial charge in [-0.2, -0.15) is 0 Å². The third-order valence-electron chi connectivity index (χ3n) is 2.75. The largest absolute Gasteiger partial charge is 0.481 e. The predicted molar refractivity (Wildman–Crippen MR) is 59.4 cm³/mol. The van der Waals surface area contributed by atoms with Crippen LogP contribution in [0.25, 0.3) is 0 Å². The van der Waals surface area contributed by atoms with E-state index in [1.165, 1.54) is 0 Å². The van der Waals surface area contributed by atoms with E-state index in [2.05, 4.69) is 0 Å². The van der Waals surface area contributed by atoms with E-state index in [1.807, 2.05) is 0 Å². The molecule has 0 radical (unpaired) electrons. The van der Waals surface area contributed by atoms with Crippen molar-refractivity contribution >= 4 is 11.8 Å². The van der Waals surface area contributed by atoms with Crippen molar-refractivity contribution in [3.05, 3.63) is 0 Å². The van der Waals surface area contributed by atoms with E-state index >= 15 is 0 Å². The van der Waals surface area contributed by atoms with Crippen molar-refractivity contribution in [3.63, 3.8) is 0 Å². The maximum absolute atomic E-state index is 11.5. The number of carbonyl (C=O) groups is 2. The van der Waals surface area contributed by atoms with E-state index in [1.54, 1.807) is 0 Å². The minimum absolute atomic E-state index is 0.00596. The predicted octanol–water partition coefficient (Wildman–Crippen LogP) is -0.446. The summed E-state index contributed by atoms with van der Waals surface area (Å²) in [5.74, 6) is -1.55.